The Kier molecular flexibility index (Phi) is 4.63. The lowest BCUT2D eigenvalue weighted by Gasteiger charge is -2.09. The third-order valence-electron chi connectivity index (χ3n) is 2.94. The quantitative estimate of drug-likeness (QED) is 0.838. The Bertz CT molecular complexity index is 578. The smallest absolute Gasteiger partial charge is 0.307 e. The molecule has 0 atom stereocenters. The molecule has 98 valence electrons. The molecule has 0 radical (unpaired) electrons. The fraction of sp³-hybridized carbons (Fsp3) is 0.188. The van der Waals surface area contributed by atoms with Gasteiger partial charge in [-0.2, -0.15) is 0 Å². The van der Waals surface area contributed by atoms with Crippen LogP contribution in [0.25, 0.3) is 0 Å². The van der Waals surface area contributed by atoms with Crippen LogP contribution in [-0.2, 0) is 17.0 Å². The number of hydrogen-bond donors (Lipinski definition) is 1. The third kappa shape index (κ3) is 3.86. The summed E-state index contributed by atoms with van der Waals surface area (Å²) >= 11 is 1.75. The van der Waals surface area contributed by atoms with Crippen molar-refractivity contribution in [3.63, 3.8) is 0 Å². The Morgan fingerprint density at radius 3 is 2.37 bits per heavy atom. The van der Waals surface area contributed by atoms with Crippen LogP contribution in [0.4, 0.5) is 0 Å². The van der Waals surface area contributed by atoms with Gasteiger partial charge in [-0.25, -0.2) is 0 Å². The molecule has 0 aliphatic carbocycles. The zero-order valence-electron chi connectivity index (χ0n) is 10.8. The number of benzene rings is 2. The third-order valence-corrected chi connectivity index (χ3v) is 4.16. The van der Waals surface area contributed by atoms with E-state index in [9.17, 15) is 4.79 Å². The van der Waals surface area contributed by atoms with Crippen LogP contribution in [0.15, 0.2) is 53.4 Å². The van der Waals surface area contributed by atoms with Crippen molar-refractivity contribution >= 4 is 17.7 Å². The molecule has 0 unspecified atom stereocenters. The second-order valence-corrected chi connectivity index (χ2v) is 5.41. The molecule has 0 amide bonds. The number of thioether (sulfide) groups is 1. The van der Waals surface area contributed by atoms with Gasteiger partial charge < -0.3 is 5.11 Å². The Morgan fingerprint density at radius 2 is 1.68 bits per heavy atom. The molecule has 2 aromatic carbocycles. The summed E-state index contributed by atoms with van der Waals surface area (Å²) < 4.78 is 0. The Labute approximate surface area is 117 Å². The number of rotatable bonds is 5. The van der Waals surface area contributed by atoms with E-state index in [1.807, 2.05) is 36.4 Å². The van der Waals surface area contributed by atoms with E-state index in [2.05, 4.69) is 19.1 Å². The van der Waals surface area contributed by atoms with Gasteiger partial charge in [0.2, 0.25) is 0 Å². The highest BCUT2D eigenvalue weighted by Gasteiger charge is 2.07. The Morgan fingerprint density at radius 1 is 1.05 bits per heavy atom. The van der Waals surface area contributed by atoms with Gasteiger partial charge >= 0.3 is 5.97 Å². The normalized spacial score (nSPS) is 10.4. The zero-order valence-corrected chi connectivity index (χ0v) is 11.6. The molecule has 0 fully saturated rings. The van der Waals surface area contributed by atoms with Crippen LogP contribution < -0.4 is 0 Å². The Hall–Kier alpha value is -1.74. The Balaban J connectivity index is 2.11. The SMILES string of the molecule is Cc1ccccc1SCc1ccccc1CC(=O)O. The van der Waals surface area contributed by atoms with Gasteiger partial charge in [0, 0.05) is 10.6 Å². The van der Waals surface area contributed by atoms with Gasteiger partial charge in [0.15, 0.2) is 0 Å². The fourth-order valence-corrected chi connectivity index (χ4v) is 2.97. The second kappa shape index (κ2) is 6.43. The van der Waals surface area contributed by atoms with E-state index in [1.54, 1.807) is 11.8 Å². The van der Waals surface area contributed by atoms with E-state index in [4.69, 9.17) is 5.11 Å². The molecular weight excluding hydrogens is 256 g/mol. The van der Waals surface area contributed by atoms with E-state index < -0.39 is 5.97 Å². The monoisotopic (exact) mass is 272 g/mol. The first-order valence-electron chi connectivity index (χ1n) is 6.14. The molecule has 0 spiro atoms. The van der Waals surface area contributed by atoms with Crippen molar-refractivity contribution in [3.8, 4) is 0 Å². The lowest BCUT2D eigenvalue weighted by atomic mass is 10.1. The van der Waals surface area contributed by atoms with E-state index in [0.29, 0.717) is 0 Å². The van der Waals surface area contributed by atoms with E-state index >= 15 is 0 Å². The first-order valence-corrected chi connectivity index (χ1v) is 7.12. The molecule has 2 nitrogen and oxygen atoms in total. The minimum atomic E-state index is -0.784. The summed E-state index contributed by atoms with van der Waals surface area (Å²) in [6, 6.07) is 16.0. The molecule has 0 aliphatic rings. The van der Waals surface area contributed by atoms with E-state index in [0.717, 1.165) is 16.9 Å². The van der Waals surface area contributed by atoms with Crippen LogP contribution in [0.2, 0.25) is 0 Å². The van der Waals surface area contributed by atoms with Crippen molar-refractivity contribution < 1.29 is 9.90 Å². The van der Waals surface area contributed by atoms with Crippen LogP contribution in [0.5, 0.6) is 0 Å². The van der Waals surface area contributed by atoms with Crippen molar-refractivity contribution in [1.29, 1.82) is 0 Å². The number of carbonyl (C=O) groups is 1. The number of carboxylic acids is 1. The molecule has 1 N–H and O–H groups in total. The first kappa shape index (κ1) is 13.7. The molecule has 0 saturated heterocycles. The van der Waals surface area contributed by atoms with Crippen molar-refractivity contribution in [2.45, 2.75) is 24.0 Å². The average molecular weight is 272 g/mol. The second-order valence-electron chi connectivity index (χ2n) is 4.39. The first-order chi connectivity index (χ1) is 9.16. The largest absolute Gasteiger partial charge is 0.481 e. The molecule has 0 saturated carbocycles. The summed E-state index contributed by atoms with van der Waals surface area (Å²) in [5, 5.41) is 8.91. The summed E-state index contributed by atoms with van der Waals surface area (Å²) in [5.74, 6) is 0.0160. The topological polar surface area (TPSA) is 37.3 Å². The highest BCUT2D eigenvalue weighted by Crippen LogP contribution is 2.27. The molecule has 0 heterocycles. The number of aryl methyl sites for hydroxylation is 1. The molecule has 0 aromatic heterocycles. The number of hydrogen-bond acceptors (Lipinski definition) is 2. The van der Waals surface area contributed by atoms with Crippen molar-refractivity contribution in [2.75, 3.05) is 0 Å². The van der Waals surface area contributed by atoms with Crippen LogP contribution >= 0.6 is 11.8 Å². The summed E-state index contributed by atoms with van der Waals surface area (Å²) in [7, 11) is 0. The maximum Gasteiger partial charge on any atom is 0.307 e. The molecule has 0 aliphatic heterocycles. The van der Waals surface area contributed by atoms with E-state index in [-0.39, 0.29) is 6.42 Å². The number of carboxylic acid groups (broad SMARTS) is 1. The standard InChI is InChI=1S/C16H16O2S/c1-12-6-2-5-9-15(12)19-11-14-8-4-3-7-13(14)10-16(17)18/h2-9H,10-11H2,1H3,(H,17,18). The van der Waals surface area contributed by atoms with Gasteiger partial charge in [-0.15, -0.1) is 11.8 Å². The van der Waals surface area contributed by atoms with Crippen molar-refractivity contribution in [1.82, 2.24) is 0 Å². The fourth-order valence-electron chi connectivity index (χ4n) is 1.91. The van der Waals surface area contributed by atoms with Crippen LogP contribution in [0.1, 0.15) is 16.7 Å². The lowest BCUT2D eigenvalue weighted by Crippen LogP contribution is -2.02. The summed E-state index contributed by atoms with van der Waals surface area (Å²) in [5.41, 5.74) is 3.25. The summed E-state index contributed by atoms with van der Waals surface area (Å²) in [6.45, 7) is 2.09. The molecular formula is C16H16O2S. The minimum Gasteiger partial charge on any atom is -0.481 e. The van der Waals surface area contributed by atoms with Gasteiger partial charge in [-0.1, -0.05) is 42.5 Å². The van der Waals surface area contributed by atoms with Crippen molar-refractivity contribution in [2.24, 2.45) is 0 Å². The van der Waals surface area contributed by atoms with Gasteiger partial charge in [0.05, 0.1) is 6.42 Å². The molecule has 3 heteroatoms. The number of aliphatic carboxylic acids is 1. The highest BCUT2D eigenvalue weighted by atomic mass is 32.2. The van der Waals surface area contributed by atoms with Crippen LogP contribution in [0.3, 0.4) is 0 Å². The molecule has 19 heavy (non-hydrogen) atoms. The molecule has 0 bridgehead atoms. The van der Waals surface area contributed by atoms with Gasteiger partial charge in [-0.05, 0) is 29.7 Å². The van der Waals surface area contributed by atoms with Crippen LogP contribution in [0, 0.1) is 6.92 Å². The average Bonchev–Trinajstić information content (AvgIpc) is 2.39. The zero-order chi connectivity index (χ0) is 13.7. The van der Waals surface area contributed by atoms with E-state index in [1.165, 1.54) is 10.5 Å². The maximum atomic E-state index is 10.8. The van der Waals surface area contributed by atoms with Gasteiger partial charge in [0.1, 0.15) is 0 Å². The van der Waals surface area contributed by atoms with Crippen LogP contribution in [-0.4, -0.2) is 11.1 Å². The molecule has 2 aromatic rings. The predicted molar refractivity (Wildman–Crippen MR) is 78.5 cm³/mol. The lowest BCUT2D eigenvalue weighted by molar-refractivity contribution is -0.136. The van der Waals surface area contributed by atoms with Gasteiger partial charge in [0.25, 0.3) is 0 Å². The van der Waals surface area contributed by atoms with Crippen molar-refractivity contribution in [3.05, 3.63) is 65.2 Å². The molecule has 2 rings (SSSR count). The van der Waals surface area contributed by atoms with Gasteiger partial charge in [-0.3, -0.25) is 4.79 Å². The highest BCUT2D eigenvalue weighted by molar-refractivity contribution is 7.98. The summed E-state index contributed by atoms with van der Waals surface area (Å²) in [6.07, 6.45) is 0.0878. The minimum absolute atomic E-state index is 0.0878. The predicted octanol–water partition coefficient (Wildman–Crippen LogP) is 3.91. The maximum absolute atomic E-state index is 10.8. The summed E-state index contributed by atoms with van der Waals surface area (Å²) in [4.78, 5) is 12.1.